The Morgan fingerprint density at radius 2 is 1.75 bits per heavy atom. The van der Waals surface area contributed by atoms with E-state index in [4.69, 9.17) is 14.2 Å². The molecule has 0 aliphatic rings. The lowest BCUT2D eigenvalue weighted by Crippen LogP contribution is -2.40. The fourth-order valence-corrected chi connectivity index (χ4v) is 2.91. The molecule has 1 aromatic rings. The fourth-order valence-electron chi connectivity index (χ4n) is 2.20. The number of nitrogens with one attached hydrogen (secondary N) is 1. The molecule has 1 unspecified atom stereocenters. The van der Waals surface area contributed by atoms with Crippen molar-refractivity contribution in [2.75, 3.05) is 6.61 Å². The SMILES string of the molecule is CC(C)(C)OC(=O)NC(CCC(=O)OCC[Si](C)(C)C)OCc1ccccc1. The number of carbonyl (C=O) groups is 2. The highest BCUT2D eigenvalue weighted by molar-refractivity contribution is 6.76. The van der Waals surface area contributed by atoms with E-state index >= 15 is 0 Å². The Labute approximate surface area is 170 Å². The summed E-state index contributed by atoms with van der Waals surface area (Å²) in [6, 6.07) is 10.6. The molecule has 0 radical (unpaired) electrons. The van der Waals surface area contributed by atoms with Gasteiger partial charge in [-0.2, -0.15) is 0 Å². The Balaban J connectivity index is 2.54. The van der Waals surface area contributed by atoms with E-state index in [0.717, 1.165) is 11.6 Å². The van der Waals surface area contributed by atoms with Crippen molar-refractivity contribution in [3.8, 4) is 0 Å². The molecule has 1 aromatic carbocycles. The van der Waals surface area contributed by atoms with Crippen LogP contribution in [-0.4, -0.2) is 38.6 Å². The fraction of sp³-hybridized carbons (Fsp3) is 0.619. The standard InChI is InChI=1S/C21H35NO5Si/c1-21(2,3)27-20(24)22-18(26-16-17-10-8-7-9-11-17)12-13-19(23)25-14-15-28(4,5)6/h7-11,18H,12-16H2,1-6H3,(H,22,24). The highest BCUT2D eigenvalue weighted by Crippen LogP contribution is 2.12. The minimum Gasteiger partial charge on any atom is -0.466 e. The van der Waals surface area contributed by atoms with Gasteiger partial charge in [0.2, 0.25) is 0 Å². The lowest BCUT2D eigenvalue weighted by molar-refractivity contribution is -0.144. The molecule has 0 heterocycles. The Morgan fingerprint density at radius 3 is 2.32 bits per heavy atom. The van der Waals surface area contributed by atoms with Crippen molar-refractivity contribution in [3.05, 3.63) is 35.9 Å². The molecule has 1 amide bonds. The second-order valence-electron chi connectivity index (χ2n) is 9.00. The number of rotatable bonds is 10. The van der Waals surface area contributed by atoms with Crippen LogP contribution in [0.5, 0.6) is 0 Å². The average molecular weight is 410 g/mol. The summed E-state index contributed by atoms with van der Waals surface area (Å²) >= 11 is 0. The van der Waals surface area contributed by atoms with E-state index < -0.39 is 26.0 Å². The first-order valence-corrected chi connectivity index (χ1v) is 13.5. The predicted molar refractivity (Wildman–Crippen MR) is 113 cm³/mol. The molecule has 1 atom stereocenters. The summed E-state index contributed by atoms with van der Waals surface area (Å²) < 4.78 is 16.4. The Kier molecular flexibility index (Phi) is 9.68. The molecule has 0 fully saturated rings. The molecular weight excluding hydrogens is 374 g/mol. The van der Waals surface area contributed by atoms with Crippen LogP contribution in [0.15, 0.2) is 30.3 Å². The summed E-state index contributed by atoms with van der Waals surface area (Å²) in [6.45, 7) is 12.9. The summed E-state index contributed by atoms with van der Waals surface area (Å²) in [5.74, 6) is -0.280. The van der Waals surface area contributed by atoms with Crippen LogP contribution < -0.4 is 5.32 Å². The van der Waals surface area contributed by atoms with Gasteiger partial charge in [0.25, 0.3) is 0 Å². The van der Waals surface area contributed by atoms with Crippen molar-refractivity contribution in [3.63, 3.8) is 0 Å². The van der Waals surface area contributed by atoms with Gasteiger partial charge in [-0.15, -0.1) is 0 Å². The summed E-state index contributed by atoms with van der Waals surface area (Å²) in [7, 11) is -1.24. The minimum absolute atomic E-state index is 0.168. The second kappa shape index (κ2) is 11.2. The van der Waals surface area contributed by atoms with Gasteiger partial charge in [0.05, 0.1) is 13.2 Å². The van der Waals surface area contributed by atoms with Crippen molar-refractivity contribution < 1.29 is 23.8 Å². The van der Waals surface area contributed by atoms with Gasteiger partial charge in [-0.1, -0.05) is 50.0 Å². The quantitative estimate of drug-likeness (QED) is 0.344. The molecule has 1 rings (SSSR count). The maximum absolute atomic E-state index is 12.1. The summed E-state index contributed by atoms with van der Waals surface area (Å²) in [5.41, 5.74) is 0.375. The third-order valence-corrected chi connectivity index (χ3v) is 5.40. The van der Waals surface area contributed by atoms with E-state index in [1.54, 1.807) is 20.8 Å². The number of esters is 1. The first-order valence-electron chi connectivity index (χ1n) is 9.75. The molecule has 0 bridgehead atoms. The molecule has 0 saturated heterocycles. The van der Waals surface area contributed by atoms with Crippen molar-refractivity contribution in [1.82, 2.24) is 5.32 Å². The van der Waals surface area contributed by atoms with Crippen molar-refractivity contribution >= 4 is 20.1 Å². The molecule has 0 aromatic heterocycles. The first-order chi connectivity index (χ1) is 12.9. The molecule has 28 heavy (non-hydrogen) atoms. The average Bonchev–Trinajstić information content (AvgIpc) is 2.55. The highest BCUT2D eigenvalue weighted by atomic mass is 28.3. The normalized spacial score (nSPS) is 12.9. The van der Waals surface area contributed by atoms with Crippen LogP contribution in [0.4, 0.5) is 4.79 Å². The van der Waals surface area contributed by atoms with E-state index in [1.807, 2.05) is 30.3 Å². The van der Waals surface area contributed by atoms with Gasteiger partial charge in [0.1, 0.15) is 11.8 Å². The van der Waals surface area contributed by atoms with Crippen molar-refractivity contribution in [1.29, 1.82) is 0 Å². The molecular formula is C21H35NO5Si. The third kappa shape index (κ3) is 12.5. The van der Waals surface area contributed by atoms with Crippen LogP contribution in [-0.2, 0) is 25.6 Å². The predicted octanol–water partition coefficient (Wildman–Crippen LogP) is 4.72. The van der Waals surface area contributed by atoms with Crippen LogP contribution >= 0.6 is 0 Å². The van der Waals surface area contributed by atoms with Gasteiger partial charge in [-0.3, -0.25) is 10.1 Å². The van der Waals surface area contributed by atoms with Crippen LogP contribution in [0.25, 0.3) is 0 Å². The lowest BCUT2D eigenvalue weighted by Gasteiger charge is -2.24. The van der Waals surface area contributed by atoms with Gasteiger partial charge in [-0.25, -0.2) is 4.79 Å². The van der Waals surface area contributed by atoms with Gasteiger partial charge in [0, 0.05) is 20.9 Å². The smallest absolute Gasteiger partial charge is 0.409 e. The Hall–Kier alpha value is -1.86. The number of hydrogen-bond acceptors (Lipinski definition) is 5. The van der Waals surface area contributed by atoms with Gasteiger partial charge < -0.3 is 14.2 Å². The van der Waals surface area contributed by atoms with E-state index in [2.05, 4.69) is 25.0 Å². The number of benzene rings is 1. The van der Waals surface area contributed by atoms with Crippen molar-refractivity contribution in [2.24, 2.45) is 0 Å². The van der Waals surface area contributed by atoms with E-state index in [0.29, 0.717) is 19.6 Å². The van der Waals surface area contributed by atoms with E-state index in [9.17, 15) is 9.59 Å². The molecule has 1 N–H and O–H groups in total. The molecule has 6 nitrogen and oxygen atoms in total. The zero-order valence-electron chi connectivity index (χ0n) is 18.0. The summed E-state index contributed by atoms with van der Waals surface area (Å²) in [4.78, 5) is 24.1. The molecule has 158 valence electrons. The zero-order chi connectivity index (χ0) is 21.2. The highest BCUT2D eigenvalue weighted by Gasteiger charge is 2.21. The van der Waals surface area contributed by atoms with E-state index in [1.165, 1.54) is 0 Å². The number of ether oxygens (including phenoxy) is 3. The number of alkyl carbamates (subject to hydrolysis) is 1. The Morgan fingerprint density at radius 1 is 1.11 bits per heavy atom. The topological polar surface area (TPSA) is 73.9 Å². The lowest BCUT2D eigenvalue weighted by atomic mass is 10.2. The summed E-state index contributed by atoms with van der Waals surface area (Å²) in [5, 5.41) is 2.70. The first kappa shape index (κ1) is 24.2. The van der Waals surface area contributed by atoms with Crippen LogP contribution in [0, 0.1) is 0 Å². The second-order valence-corrected chi connectivity index (χ2v) is 14.6. The molecule has 0 saturated carbocycles. The van der Waals surface area contributed by atoms with E-state index in [-0.39, 0.29) is 12.4 Å². The van der Waals surface area contributed by atoms with Crippen LogP contribution in [0.2, 0.25) is 25.7 Å². The minimum atomic E-state index is -1.24. The van der Waals surface area contributed by atoms with Gasteiger partial charge >= 0.3 is 12.1 Å². The monoisotopic (exact) mass is 409 g/mol. The zero-order valence-corrected chi connectivity index (χ0v) is 19.0. The van der Waals surface area contributed by atoms with Crippen LogP contribution in [0.3, 0.4) is 0 Å². The maximum atomic E-state index is 12.1. The van der Waals surface area contributed by atoms with Crippen molar-refractivity contribution in [2.45, 2.75) is 77.7 Å². The van der Waals surface area contributed by atoms with Gasteiger partial charge in [-0.05, 0) is 32.4 Å². The number of amides is 1. The largest absolute Gasteiger partial charge is 0.466 e. The molecule has 0 aliphatic carbocycles. The number of hydrogen-bond donors (Lipinski definition) is 1. The molecule has 0 spiro atoms. The molecule has 0 aliphatic heterocycles. The Bertz CT molecular complexity index is 607. The van der Waals surface area contributed by atoms with Gasteiger partial charge in [0.15, 0.2) is 0 Å². The molecule has 7 heteroatoms. The summed E-state index contributed by atoms with van der Waals surface area (Å²) in [6.07, 6.45) is -0.726. The number of carbonyl (C=O) groups excluding carboxylic acids is 2. The van der Waals surface area contributed by atoms with Crippen LogP contribution in [0.1, 0.15) is 39.2 Å². The maximum Gasteiger partial charge on any atom is 0.409 e. The third-order valence-electron chi connectivity index (χ3n) is 3.70.